The van der Waals surface area contributed by atoms with Crippen molar-refractivity contribution in [2.24, 2.45) is 0 Å². The lowest BCUT2D eigenvalue weighted by Crippen LogP contribution is -2.36. The number of thiocarbonyl (C=S) groups is 1. The maximum Gasteiger partial charge on any atom is 0.174 e. The first-order chi connectivity index (χ1) is 18.5. The molecule has 2 aliphatic rings. The second-order valence-corrected chi connectivity index (χ2v) is 10.4. The number of nitrogens with one attached hydrogen (secondary N) is 1. The molecule has 0 radical (unpaired) electrons. The van der Waals surface area contributed by atoms with Gasteiger partial charge in [-0.15, -0.1) is 0 Å². The van der Waals surface area contributed by atoms with Crippen molar-refractivity contribution >= 4 is 28.7 Å². The van der Waals surface area contributed by atoms with Gasteiger partial charge < -0.3 is 24.4 Å². The van der Waals surface area contributed by atoms with Crippen LogP contribution in [0.25, 0.3) is 5.82 Å². The molecule has 2 atom stereocenters. The van der Waals surface area contributed by atoms with E-state index in [0.717, 1.165) is 60.5 Å². The first kappa shape index (κ1) is 24.6. The Bertz CT molecular complexity index is 1430. The molecule has 4 aromatic rings. The zero-order valence-corrected chi connectivity index (χ0v) is 22.8. The molecular weight excluding hydrogens is 492 g/mol. The van der Waals surface area contributed by atoms with E-state index in [4.69, 9.17) is 26.9 Å². The van der Waals surface area contributed by atoms with E-state index < -0.39 is 0 Å². The molecule has 0 saturated carbocycles. The lowest BCUT2D eigenvalue weighted by molar-refractivity contribution is 0.122. The molecule has 1 N–H and O–H groups in total. The van der Waals surface area contributed by atoms with Crippen LogP contribution in [0.2, 0.25) is 0 Å². The molecule has 2 unspecified atom stereocenters. The summed E-state index contributed by atoms with van der Waals surface area (Å²) >= 11 is 5.97. The van der Waals surface area contributed by atoms with Gasteiger partial charge in [-0.2, -0.15) is 0 Å². The van der Waals surface area contributed by atoms with Gasteiger partial charge in [0.2, 0.25) is 0 Å². The fourth-order valence-corrected chi connectivity index (χ4v) is 5.97. The maximum absolute atomic E-state index is 5.97. The second-order valence-electron chi connectivity index (χ2n) is 9.97. The second kappa shape index (κ2) is 10.2. The molecule has 0 aliphatic carbocycles. The van der Waals surface area contributed by atoms with Gasteiger partial charge in [0.15, 0.2) is 5.11 Å². The van der Waals surface area contributed by atoms with Gasteiger partial charge in [-0.3, -0.25) is 4.98 Å². The molecule has 0 bridgehead atoms. The van der Waals surface area contributed by atoms with Crippen LogP contribution in [0, 0.1) is 20.8 Å². The van der Waals surface area contributed by atoms with Crippen molar-refractivity contribution in [1.82, 2.24) is 19.9 Å². The average molecular weight is 525 g/mol. The number of nitrogens with zero attached hydrogens (tertiary/aromatic N) is 5. The lowest BCUT2D eigenvalue weighted by Gasteiger charge is -2.31. The van der Waals surface area contributed by atoms with Crippen LogP contribution in [-0.2, 0) is 4.74 Å². The largest absolute Gasteiger partial charge is 0.378 e. The van der Waals surface area contributed by atoms with E-state index in [1.807, 2.05) is 24.5 Å². The quantitative estimate of drug-likeness (QED) is 0.360. The highest BCUT2D eigenvalue weighted by molar-refractivity contribution is 7.80. The summed E-state index contributed by atoms with van der Waals surface area (Å²) in [5.41, 5.74) is 7.84. The lowest BCUT2D eigenvalue weighted by atomic mass is 9.96. The molecule has 7 nitrogen and oxygen atoms in total. The van der Waals surface area contributed by atoms with E-state index in [0.29, 0.717) is 5.11 Å². The third kappa shape index (κ3) is 4.44. The van der Waals surface area contributed by atoms with Crippen LogP contribution in [0.15, 0.2) is 73.1 Å². The average Bonchev–Trinajstić information content (AvgIpc) is 3.45. The summed E-state index contributed by atoms with van der Waals surface area (Å²) in [4.78, 5) is 14.0. The first-order valence-electron chi connectivity index (χ1n) is 13.1. The fraction of sp³-hybridized carbons (Fsp3) is 0.300. The van der Waals surface area contributed by atoms with E-state index in [1.54, 1.807) is 0 Å². The smallest absolute Gasteiger partial charge is 0.174 e. The third-order valence-electron chi connectivity index (χ3n) is 7.52. The number of aryl methyl sites for hydroxylation is 2. The van der Waals surface area contributed by atoms with Crippen molar-refractivity contribution in [3.63, 3.8) is 0 Å². The van der Waals surface area contributed by atoms with E-state index >= 15 is 0 Å². The van der Waals surface area contributed by atoms with Crippen LogP contribution in [0.1, 0.15) is 40.3 Å². The minimum absolute atomic E-state index is 0.0722. The highest BCUT2D eigenvalue weighted by Gasteiger charge is 2.42. The normalized spacial score (nSPS) is 19.6. The summed E-state index contributed by atoms with van der Waals surface area (Å²) in [5.74, 6) is 0.918. The molecule has 2 fully saturated rings. The van der Waals surface area contributed by atoms with Gasteiger partial charge in [-0.05, 0) is 92.6 Å². The predicted molar refractivity (Wildman–Crippen MR) is 155 cm³/mol. The molecule has 2 aliphatic heterocycles. The Balaban J connectivity index is 1.43. The summed E-state index contributed by atoms with van der Waals surface area (Å²) in [5, 5.41) is 4.29. The van der Waals surface area contributed by atoms with Crippen LogP contribution in [0.4, 0.5) is 11.4 Å². The number of anilines is 2. The first-order valence-corrected chi connectivity index (χ1v) is 13.5. The van der Waals surface area contributed by atoms with Crippen LogP contribution < -0.4 is 15.1 Å². The van der Waals surface area contributed by atoms with Gasteiger partial charge >= 0.3 is 0 Å². The molecule has 3 aromatic heterocycles. The Hall–Kier alpha value is -3.75. The minimum atomic E-state index is -0.0949. The van der Waals surface area contributed by atoms with Gasteiger partial charge in [0.05, 0.1) is 31.0 Å². The molecule has 0 spiro atoms. The minimum Gasteiger partial charge on any atom is -0.378 e. The van der Waals surface area contributed by atoms with Gasteiger partial charge in [-0.1, -0.05) is 12.1 Å². The molecule has 38 heavy (non-hydrogen) atoms. The van der Waals surface area contributed by atoms with Crippen molar-refractivity contribution in [2.75, 3.05) is 36.1 Å². The number of pyridine rings is 2. The Morgan fingerprint density at radius 2 is 1.68 bits per heavy atom. The Morgan fingerprint density at radius 1 is 0.921 bits per heavy atom. The van der Waals surface area contributed by atoms with Crippen LogP contribution in [-0.4, -0.2) is 46.0 Å². The van der Waals surface area contributed by atoms with Gasteiger partial charge in [0, 0.05) is 48.2 Å². The molecule has 5 heterocycles. The molecule has 0 amide bonds. The zero-order chi connectivity index (χ0) is 26.2. The predicted octanol–water partition coefficient (Wildman–Crippen LogP) is 5.21. The van der Waals surface area contributed by atoms with E-state index in [1.165, 1.54) is 11.3 Å². The number of benzene rings is 1. The standard InChI is InChI=1S/C30H32N6OS/c1-20-7-12-27(32-19-20)35-21(2)18-25(22(35)3)29-28(26-6-4-5-13-31-26)33-30(38)36(29)24-10-8-23(9-11-24)34-14-16-37-17-15-34/h4-13,18-19,28-29H,14-17H2,1-3H3,(H,33,38). The Morgan fingerprint density at radius 3 is 2.37 bits per heavy atom. The third-order valence-corrected chi connectivity index (χ3v) is 7.83. The number of aromatic nitrogens is 3. The maximum atomic E-state index is 5.97. The molecule has 6 rings (SSSR count). The topological polar surface area (TPSA) is 58.5 Å². The fourth-order valence-electron chi connectivity index (χ4n) is 5.63. The monoisotopic (exact) mass is 524 g/mol. The highest BCUT2D eigenvalue weighted by atomic mass is 32.1. The number of hydrogen-bond donors (Lipinski definition) is 1. The highest BCUT2D eigenvalue weighted by Crippen LogP contribution is 2.44. The van der Waals surface area contributed by atoms with Crippen molar-refractivity contribution < 1.29 is 4.74 Å². The summed E-state index contributed by atoms with van der Waals surface area (Å²) in [6.45, 7) is 9.71. The summed E-state index contributed by atoms with van der Waals surface area (Å²) < 4.78 is 7.76. The SMILES string of the molecule is Cc1ccc(-n2c(C)cc(C3C(c4ccccn4)NC(=S)N3c3ccc(N4CCOCC4)cc3)c2C)nc1. The zero-order valence-electron chi connectivity index (χ0n) is 22.0. The Labute approximate surface area is 229 Å². The van der Waals surface area contributed by atoms with Crippen molar-refractivity contribution in [3.8, 4) is 5.82 Å². The summed E-state index contributed by atoms with van der Waals surface area (Å²) in [6, 6.07) is 21.1. The number of morpholine rings is 1. The van der Waals surface area contributed by atoms with Crippen molar-refractivity contribution in [2.45, 2.75) is 32.9 Å². The van der Waals surface area contributed by atoms with E-state index in [2.05, 4.69) is 89.0 Å². The van der Waals surface area contributed by atoms with Gasteiger partial charge in [0.1, 0.15) is 5.82 Å². The molecule has 2 saturated heterocycles. The molecule has 8 heteroatoms. The van der Waals surface area contributed by atoms with Gasteiger partial charge in [0.25, 0.3) is 0 Å². The summed E-state index contributed by atoms with van der Waals surface area (Å²) in [7, 11) is 0. The molecule has 1 aromatic carbocycles. The van der Waals surface area contributed by atoms with E-state index in [9.17, 15) is 0 Å². The number of hydrogen-bond acceptors (Lipinski definition) is 5. The number of rotatable bonds is 5. The Kier molecular flexibility index (Phi) is 6.59. The van der Waals surface area contributed by atoms with Crippen molar-refractivity contribution in [1.29, 1.82) is 0 Å². The number of ether oxygens (including phenoxy) is 1. The van der Waals surface area contributed by atoms with Crippen molar-refractivity contribution in [3.05, 3.63) is 101 Å². The molecule has 194 valence electrons. The van der Waals surface area contributed by atoms with Crippen LogP contribution >= 0.6 is 12.2 Å². The van der Waals surface area contributed by atoms with Crippen LogP contribution in [0.3, 0.4) is 0 Å². The molecular formula is C30H32N6OS. The van der Waals surface area contributed by atoms with Gasteiger partial charge in [-0.25, -0.2) is 4.98 Å². The van der Waals surface area contributed by atoms with E-state index in [-0.39, 0.29) is 12.1 Å². The summed E-state index contributed by atoms with van der Waals surface area (Å²) in [6.07, 6.45) is 3.76. The van der Waals surface area contributed by atoms with Crippen LogP contribution in [0.5, 0.6) is 0 Å².